The van der Waals surface area contributed by atoms with E-state index < -0.39 is 0 Å². The summed E-state index contributed by atoms with van der Waals surface area (Å²) < 4.78 is 0.698. The van der Waals surface area contributed by atoms with Gasteiger partial charge in [-0.2, -0.15) is 5.10 Å². The Morgan fingerprint density at radius 1 is 1.40 bits per heavy atom. The Labute approximate surface area is 98.7 Å². The van der Waals surface area contributed by atoms with Crippen molar-refractivity contribution in [2.24, 2.45) is 0 Å². The minimum Gasteiger partial charge on any atom is -0.267 e. The Kier molecular flexibility index (Phi) is 3.03. The molecule has 2 nitrogen and oxygen atoms in total. The molecule has 1 aliphatic carbocycles. The van der Waals surface area contributed by atoms with Gasteiger partial charge in [0.1, 0.15) is 4.64 Å². The zero-order chi connectivity index (χ0) is 10.8. The summed E-state index contributed by atoms with van der Waals surface area (Å²) in [5, 5.41) is 7.97. The first-order valence-electron chi connectivity index (χ1n) is 4.79. The van der Waals surface area contributed by atoms with Gasteiger partial charge in [0.25, 0.3) is 0 Å². The number of allylic oxidation sites excluding steroid dienone is 4. The molecule has 0 atom stereocenters. The summed E-state index contributed by atoms with van der Waals surface area (Å²) in [4.78, 5) is 0. The lowest BCUT2D eigenvalue weighted by Crippen LogP contribution is -1.97. The van der Waals surface area contributed by atoms with E-state index in [1.165, 1.54) is 5.57 Å². The monoisotopic (exact) mass is 238 g/mol. The second-order valence-corrected chi connectivity index (χ2v) is 4.46. The van der Waals surface area contributed by atoms with Crippen LogP contribution in [-0.2, 0) is 0 Å². The molecule has 2 rings (SSSR count). The molecule has 15 heavy (non-hydrogen) atoms. The molecule has 1 heterocycles. The number of aryl methyl sites for hydroxylation is 1. The van der Waals surface area contributed by atoms with Crippen molar-refractivity contribution in [3.8, 4) is 0 Å². The number of nitrogens with zero attached hydrogens (tertiary/aromatic N) is 1. The molecular formula is C11H11ClN2S. The molecule has 1 aliphatic rings. The number of rotatable bonds is 1. The van der Waals surface area contributed by atoms with Crippen molar-refractivity contribution in [2.75, 3.05) is 0 Å². The third-order valence-corrected chi connectivity index (χ3v) is 3.15. The minimum absolute atomic E-state index is 0.698. The van der Waals surface area contributed by atoms with Crippen molar-refractivity contribution >= 4 is 29.4 Å². The molecule has 1 N–H and O–H groups in total. The third kappa shape index (κ3) is 2.36. The minimum atomic E-state index is 0.698. The SMILES string of the molecule is Cc1cc(C2=CC=C(Cl)CC2)n[nH]c1=S. The Morgan fingerprint density at radius 3 is 2.80 bits per heavy atom. The van der Waals surface area contributed by atoms with E-state index in [4.69, 9.17) is 23.8 Å². The fraction of sp³-hybridized carbons (Fsp3) is 0.273. The molecule has 1 aromatic rings. The van der Waals surface area contributed by atoms with Gasteiger partial charge in [-0.3, -0.25) is 5.10 Å². The summed E-state index contributed by atoms with van der Waals surface area (Å²) in [6.07, 6.45) is 5.78. The molecule has 0 fully saturated rings. The lowest BCUT2D eigenvalue weighted by Gasteiger charge is -2.10. The largest absolute Gasteiger partial charge is 0.267 e. The van der Waals surface area contributed by atoms with Crippen LogP contribution in [0.15, 0.2) is 23.3 Å². The number of hydrogen-bond donors (Lipinski definition) is 1. The highest BCUT2D eigenvalue weighted by molar-refractivity contribution is 7.71. The van der Waals surface area contributed by atoms with Crippen LogP contribution in [0.3, 0.4) is 0 Å². The van der Waals surface area contributed by atoms with Crippen molar-refractivity contribution in [3.05, 3.63) is 39.1 Å². The maximum absolute atomic E-state index is 5.90. The lowest BCUT2D eigenvalue weighted by molar-refractivity contribution is 0.948. The number of aromatic nitrogens is 2. The van der Waals surface area contributed by atoms with Gasteiger partial charge in [0, 0.05) is 5.03 Å². The second-order valence-electron chi connectivity index (χ2n) is 3.57. The van der Waals surface area contributed by atoms with Gasteiger partial charge >= 0.3 is 0 Å². The van der Waals surface area contributed by atoms with Crippen LogP contribution in [0.1, 0.15) is 24.1 Å². The highest BCUT2D eigenvalue weighted by Crippen LogP contribution is 2.27. The maximum Gasteiger partial charge on any atom is 0.122 e. The Morgan fingerprint density at radius 2 is 2.20 bits per heavy atom. The Hall–Kier alpha value is -0.930. The molecule has 0 unspecified atom stereocenters. The van der Waals surface area contributed by atoms with Gasteiger partial charge in [0.2, 0.25) is 0 Å². The summed E-state index contributed by atoms with van der Waals surface area (Å²) in [5.74, 6) is 0. The van der Waals surface area contributed by atoms with Crippen molar-refractivity contribution in [1.82, 2.24) is 10.2 Å². The van der Waals surface area contributed by atoms with E-state index in [1.54, 1.807) is 0 Å². The smallest absolute Gasteiger partial charge is 0.122 e. The molecule has 78 valence electrons. The summed E-state index contributed by atoms with van der Waals surface area (Å²) in [6, 6.07) is 2.01. The summed E-state index contributed by atoms with van der Waals surface area (Å²) in [7, 11) is 0. The topological polar surface area (TPSA) is 28.7 Å². The third-order valence-electron chi connectivity index (χ3n) is 2.42. The summed E-state index contributed by atoms with van der Waals surface area (Å²) in [5.41, 5.74) is 3.21. The quantitative estimate of drug-likeness (QED) is 0.755. The highest BCUT2D eigenvalue weighted by atomic mass is 35.5. The first kappa shape index (κ1) is 10.6. The standard InChI is InChI=1S/C11H11ClN2S/c1-7-6-10(13-14-11(7)15)8-2-4-9(12)5-3-8/h2,4,6H,3,5H2,1H3,(H,14,15). The van der Waals surface area contributed by atoms with Crippen LogP contribution in [0.25, 0.3) is 5.57 Å². The first-order chi connectivity index (χ1) is 7.16. The molecule has 0 spiro atoms. The van der Waals surface area contributed by atoms with E-state index in [1.807, 2.05) is 25.1 Å². The fourth-order valence-corrected chi connectivity index (χ4v) is 1.75. The molecule has 0 radical (unpaired) electrons. The van der Waals surface area contributed by atoms with Crippen molar-refractivity contribution in [3.63, 3.8) is 0 Å². The highest BCUT2D eigenvalue weighted by Gasteiger charge is 2.08. The van der Waals surface area contributed by atoms with Crippen LogP contribution in [0.5, 0.6) is 0 Å². The van der Waals surface area contributed by atoms with Crippen LogP contribution >= 0.6 is 23.8 Å². The fourth-order valence-electron chi connectivity index (χ4n) is 1.49. The van der Waals surface area contributed by atoms with Crippen molar-refractivity contribution in [2.45, 2.75) is 19.8 Å². The lowest BCUT2D eigenvalue weighted by atomic mass is 10.0. The molecule has 0 amide bonds. The number of aromatic amines is 1. The summed E-state index contributed by atoms with van der Waals surface area (Å²) >= 11 is 11.0. The zero-order valence-electron chi connectivity index (χ0n) is 8.38. The van der Waals surface area contributed by atoms with Crippen LogP contribution in [0.2, 0.25) is 0 Å². The number of H-pyrrole nitrogens is 1. The molecular weight excluding hydrogens is 228 g/mol. The average Bonchev–Trinajstić information content (AvgIpc) is 2.23. The Balaban J connectivity index is 2.39. The predicted octanol–water partition coefficient (Wildman–Crippen LogP) is 3.75. The molecule has 4 heteroatoms. The molecule has 0 saturated carbocycles. The molecule has 0 saturated heterocycles. The van der Waals surface area contributed by atoms with E-state index in [9.17, 15) is 0 Å². The predicted molar refractivity (Wildman–Crippen MR) is 65.3 cm³/mol. The number of hydrogen-bond acceptors (Lipinski definition) is 2. The average molecular weight is 239 g/mol. The van der Waals surface area contributed by atoms with Gasteiger partial charge in [-0.25, -0.2) is 0 Å². The van der Waals surface area contributed by atoms with Crippen molar-refractivity contribution in [1.29, 1.82) is 0 Å². The Bertz CT molecular complexity index is 500. The van der Waals surface area contributed by atoms with Crippen LogP contribution in [0.4, 0.5) is 0 Å². The maximum atomic E-state index is 5.90. The van der Waals surface area contributed by atoms with Crippen molar-refractivity contribution < 1.29 is 0 Å². The summed E-state index contributed by atoms with van der Waals surface area (Å²) in [6.45, 7) is 1.98. The van der Waals surface area contributed by atoms with E-state index in [-0.39, 0.29) is 0 Å². The van der Waals surface area contributed by atoms with E-state index in [0.717, 1.165) is 29.1 Å². The number of nitrogens with one attached hydrogen (secondary N) is 1. The first-order valence-corrected chi connectivity index (χ1v) is 5.57. The van der Waals surface area contributed by atoms with Crippen LogP contribution < -0.4 is 0 Å². The van der Waals surface area contributed by atoms with E-state index >= 15 is 0 Å². The van der Waals surface area contributed by atoms with Gasteiger partial charge in [0.05, 0.1) is 5.69 Å². The van der Waals surface area contributed by atoms with Crippen LogP contribution in [-0.4, -0.2) is 10.2 Å². The molecule has 1 aromatic heterocycles. The molecule has 0 aromatic carbocycles. The van der Waals surface area contributed by atoms with Crippen LogP contribution in [0, 0.1) is 11.6 Å². The van der Waals surface area contributed by atoms with E-state index in [0.29, 0.717) is 4.64 Å². The second kappa shape index (κ2) is 4.29. The number of halogens is 1. The molecule has 0 bridgehead atoms. The normalized spacial score (nSPS) is 15.9. The van der Waals surface area contributed by atoms with Gasteiger partial charge in [-0.1, -0.05) is 29.9 Å². The zero-order valence-corrected chi connectivity index (χ0v) is 9.95. The van der Waals surface area contributed by atoms with Gasteiger partial charge in [0.15, 0.2) is 0 Å². The van der Waals surface area contributed by atoms with Gasteiger partial charge in [-0.05, 0) is 43.0 Å². The van der Waals surface area contributed by atoms with Gasteiger partial charge < -0.3 is 0 Å². The van der Waals surface area contributed by atoms with E-state index in [2.05, 4.69) is 10.2 Å². The molecule has 0 aliphatic heterocycles. The van der Waals surface area contributed by atoms with Gasteiger partial charge in [-0.15, -0.1) is 0 Å².